The number of nitrogens with zero attached hydrogens (tertiary/aromatic N) is 1. The highest BCUT2D eigenvalue weighted by atomic mass is 16.7. The minimum absolute atomic E-state index is 0.0335. The van der Waals surface area contributed by atoms with E-state index in [4.69, 9.17) is 23.7 Å². The van der Waals surface area contributed by atoms with Gasteiger partial charge in [-0.1, -0.05) is 39.0 Å². The number of aliphatic hydroxyl groups is 1. The number of benzene rings is 1. The molecule has 0 bridgehead atoms. The third-order valence-corrected chi connectivity index (χ3v) is 9.86. The van der Waals surface area contributed by atoms with Crippen molar-refractivity contribution in [2.75, 3.05) is 21.2 Å². The number of rotatable bonds is 8. The fourth-order valence-corrected chi connectivity index (χ4v) is 6.90. The molecule has 1 unspecified atom stereocenters. The maximum Gasteiger partial charge on any atom is 0.338 e. The average molecular weight is 688 g/mol. The van der Waals surface area contributed by atoms with Gasteiger partial charge in [0.2, 0.25) is 0 Å². The monoisotopic (exact) mass is 687 g/mol. The second-order valence-corrected chi connectivity index (χ2v) is 13.9. The van der Waals surface area contributed by atoms with E-state index in [0.29, 0.717) is 12.0 Å². The largest absolute Gasteiger partial charge is 0.458 e. The normalized spacial score (nSPS) is 36.8. The Kier molecular flexibility index (Phi) is 13.6. The molecule has 1 aromatic carbocycles. The van der Waals surface area contributed by atoms with Gasteiger partial charge in [0.15, 0.2) is 35.8 Å². The summed E-state index contributed by atoms with van der Waals surface area (Å²) in [6, 6.07) is 8.21. The van der Waals surface area contributed by atoms with E-state index in [-0.39, 0.29) is 36.8 Å². The molecule has 0 aromatic heterocycles. The average Bonchev–Trinajstić information content (AvgIpc) is 3.08. The van der Waals surface area contributed by atoms with Crippen LogP contribution in [-0.2, 0) is 42.9 Å². The molecule has 272 valence electrons. The summed E-state index contributed by atoms with van der Waals surface area (Å²) < 4.78 is 30.7. The van der Waals surface area contributed by atoms with Gasteiger partial charge in [0, 0.05) is 18.9 Å². The van der Waals surface area contributed by atoms with Gasteiger partial charge in [-0.2, -0.15) is 0 Å². The number of hydrogen-bond acceptors (Lipinski definition) is 12. The van der Waals surface area contributed by atoms with Crippen LogP contribution >= 0.6 is 0 Å². The first-order valence-electron chi connectivity index (χ1n) is 16.9. The van der Waals surface area contributed by atoms with E-state index in [1.807, 2.05) is 25.9 Å². The molecule has 0 spiro atoms. The first-order chi connectivity index (χ1) is 22.9. The fraction of sp³-hybridized carbons (Fsp3) is 0.649. The minimum atomic E-state index is -2.29. The molecule has 1 N–H and O–H groups in total. The molecule has 49 heavy (non-hydrogen) atoms. The van der Waals surface area contributed by atoms with Crippen molar-refractivity contribution >= 4 is 29.8 Å². The molecule has 0 aliphatic carbocycles. The number of esters is 2. The molecular formula is C37H53NO11. The Bertz CT molecular complexity index is 1380. The number of carbonyl (C=O) groups excluding carboxylic acids is 5. The number of cyclic esters (lactones) is 1. The van der Waals surface area contributed by atoms with Gasteiger partial charge < -0.3 is 33.7 Å². The summed E-state index contributed by atoms with van der Waals surface area (Å²) in [6.45, 7) is 11.3. The Balaban J connectivity index is 2.14. The van der Waals surface area contributed by atoms with E-state index < -0.39 is 77.1 Å². The molecule has 2 aliphatic heterocycles. The zero-order valence-corrected chi connectivity index (χ0v) is 30.3. The van der Waals surface area contributed by atoms with Gasteiger partial charge in [-0.25, -0.2) is 4.79 Å². The summed E-state index contributed by atoms with van der Waals surface area (Å²) >= 11 is 0. The number of hydrogen-bond donors (Lipinski definition) is 1. The van der Waals surface area contributed by atoms with E-state index in [1.54, 1.807) is 58.0 Å². The standard InChI is InChI=1S/C37H53NO11/c1-11-28-37(44,20-39)19-22(3)29(40)21(2)18-36(7,45-10)32(24(5)30(41)25(6)33(42)47-28)49-35-31(27(38(8)9)17-23(4)46-35)48-34(43)26-15-13-12-14-16-26/h12-16,19-21,23-25,27-28,31-32,35,44H,11,17-18H2,1-10H3/t21-,23-,24+,25-,27+,28-,31-,32-,35?,36+,37-/m1/s1. The lowest BCUT2D eigenvalue weighted by atomic mass is 9.77. The predicted molar refractivity (Wildman–Crippen MR) is 179 cm³/mol. The van der Waals surface area contributed by atoms with Crippen molar-refractivity contribution < 1.29 is 52.8 Å². The van der Waals surface area contributed by atoms with Crippen LogP contribution in [0.5, 0.6) is 0 Å². The van der Waals surface area contributed by atoms with Crippen LogP contribution in [0, 0.1) is 17.8 Å². The van der Waals surface area contributed by atoms with E-state index in [1.165, 1.54) is 21.0 Å². The summed E-state index contributed by atoms with van der Waals surface area (Å²) in [5.41, 5.74) is -3.19. The first-order valence-corrected chi connectivity index (χ1v) is 16.9. The number of carbonyl (C=O) groups is 5. The van der Waals surface area contributed by atoms with E-state index in [0.717, 1.165) is 6.08 Å². The lowest BCUT2D eigenvalue weighted by Crippen LogP contribution is -2.60. The van der Waals surface area contributed by atoms with Gasteiger partial charge >= 0.3 is 11.9 Å². The highest BCUT2D eigenvalue weighted by Crippen LogP contribution is 2.38. The van der Waals surface area contributed by atoms with Crippen molar-refractivity contribution in [3.8, 4) is 0 Å². The van der Waals surface area contributed by atoms with Gasteiger partial charge in [-0.05, 0) is 84.8 Å². The molecule has 12 heteroatoms. The smallest absolute Gasteiger partial charge is 0.338 e. The van der Waals surface area contributed by atoms with Crippen LogP contribution in [0.1, 0.15) is 78.1 Å². The number of allylic oxidation sites excluding steroid dienone is 1. The number of aldehydes is 1. The third kappa shape index (κ3) is 9.09. The van der Waals surface area contributed by atoms with Crippen molar-refractivity contribution in [2.24, 2.45) is 17.8 Å². The highest BCUT2D eigenvalue weighted by molar-refractivity contribution is 6.00. The lowest BCUT2D eigenvalue weighted by Gasteiger charge is -2.47. The van der Waals surface area contributed by atoms with Crippen molar-refractivity contribution in [3.63, 3.8) is 0 Å². The number of ketones is 2. The molecule has 12 nitrogen and oxygen atoms in total. The maximum absolute atomic E-state index is 14.1. The second kappa shape index (κ2) is 16.6. The van der Waals surface area contributed by atoms with Crippen LogP contribution in [0.2, 0.25) is 0 Å². The Morgan fingerprint density at radius 3 is 2.29 bits per heavy atom. The van der Waals surface area contributed by atoms with Gasteiger partial charge in [0.1, 0.15) is 12.0 Å². The summed E-state index contributed by atoms with van der Waals surface area (Å²) in [6.07, 6.45) is -2.97. The van der Waals surface area contributed by atoms with Gasteiger partial charge in [0.05, 0.1) is 29.4 Å². The molecule has 0 saturated carbocycles. The van der Waals surface area contributed by atoms with Crippen LogP contribution in [0.4, 0.5) is 0 Å². The molecule has 11 atom stereocenters. The topological polar surface area (TPSA) is 155 Å². The Labute approximate surface area is 289 Å². The number of Topliss-reactive ketones (excluding diaryl/α,β-unsaturated/α-hetero) is 2. The molecular weight excluding hydrogens is 634 g/mol. The minimum Gasteiger partial charge on any atom is -0.458 e. The predicted octanol–water partition coefficient (Wildman–Crippen LogP) is 3.72. The molecule has 0 radical (unpaired) electrons. The van der Waals surface area contributed by atoms with Crippen molar-refractivity contribution in [1.82, 2.24) is 4.90 Å². The highest BCUT2D eigenvalue weighted by Gasteiger charge is 2.51. The number of ether oxygens (including phenoxy) is 5. The van der Waals surface area contributed by atoms with Crippen molar-refractivity contribution in [3.05, 3.63) is 47.5 Å². The van der Waals surface area contributed by atoms with Crippen LogP contribution < -0.4 is 0 Å². The summed E-state index contributed by atoms with van der Waals surface area (Å²) in [5.74, 6) is -5.58. The summed E-state index contributed by atoms with van der Waals surface area (Å²) in [5, 5.41) is 11.2. The molecule has 2 heterocycles. The van der Waals surface area contributed by atoms with Gasteiger partial charge in [0.25, 0.3) is 0 Å². The quantitative estimate of drug-likeness (QED) is 0.241. The van der Waals surface area contributed by atoms with Crippen LogP contribution in [0.25, 0.3) is 0 Å². The Morgan fingerprint density at radius 2 is 1.73 bits per heavy atom. The summed E-state index contributed by atoms with van der Waals surface area (Å²) in [4.78, 5) is 68.6. The number of methoxy groups -OCH3 is 1. The number of likely N-dealkylation sites (N-methyl/N-ethyl adjacent to an activating group) is 1. The zero-order valence-electron chi connectivity index (χ0n) is 30.3. The van der Waals surface area contributed by atoms with Crippen LogP contribution in [0.3, 0.4) is 0 Å². The van der Waals surface area contributed by atoms with E-state index in [9.17, 15) is 29.1 Å². The van der Waals surface area contributed by atoms with Gasteiger partial charge in [-0.15, -0.1) is 0 Å². The van der Waals surface area contributed by atoms with Crippen LogP contribution in [-0.4, -0.2) is 109 Å². The molecule has 3 rings (SSSR count). The van der Waals surface area contributed by atoms with E-state index in [2.05, 4.69) is 0 Å². The second-order valence-electron chi connectivity index (χ2n) is 13.9. The molecule has 1 saturated heterocycles. The summed E-state index contributed by atoms with van der Waals surface area (Å²) in [7, 11) is 5.16. The zero-order chi connectivity index (χ0) is 36.8. The van der Waals surface area contributed by atoms with Crippen LogP contribution in [0.15, 0.2) is 42.0 Å². The van der Waals surface area contributed by atoms with Crippen molar-refractivity contribution in [1.29, 1.82) is 0 Å². The third-order valence-electron chi connectivity index (χ3n) is 9.86. The molecule has 1 fully saturated rings. The molecule has 1 aromatic rings. The lowest BCUT2D eigenvalue weighted by molar-refractivity contribution is -0.294. The molecule has 0 amide bonds. The maximum atomic E-state index is 14.1. The SMILES string of the molecule is CC[C@H]1OC(=O)[C@H](C)C(=O)[C@H](C)[C@@H](OC2O[C@H](C)C[C@H](N(C)C)[C@H]2OC(=O)c2ccccc2)[C@@](C)(OC)C[C@@H](C)C(=O)C(C)=C[C@@]1(O)C=O. The van der Waals surface area contributed by atoms with Crippen molar-refractivity contribution in [2.45, 2.75) is 116 Å². The van der Waals surface area contributed by atoms with E-state index >= 15 is 0 Å². The van der Waals surface area contributed by atoms with Gasteiger partial charge in [-0.3, -0.25) is 19.2 Å². The Morgan fingerprint density at radius 1 is 1.10 bits per heavy atom. The molecule has 2 aliphatic rings. The fourth-order valence-electron chi connectivity index (χ4n) is 6.90. The first kappa shape index (κ1) is 40.1. The Hall–Kier alpha value is -3.29.